The van der Waals surface area contributed by atoms with E-state index in [0.717, 1.165) is 5.56 Å². The minimum absolute atomic E-state index is 0.166. The van der Waals surface area contributed by atoms with Gasteiger partial charge in [-0.25, -0.2) is 4.79 Å². The van der Waals surface area contributed by atoms with Crippen molar-refractivity contribution in [3.05, 3.63) is 35.9 Å². The molecule has 5 nitrogen and oxygen atoms in total. The van der Waals surface area contributed by atoms with Crippen LogP contribution in [0.2, 0.25) is 0 Å². The second-order valence-electron chi connectivity index (χ2n) is 4.23. The molecule has 0 aromatic heterocycles. The van der Waals surface area contributed by atoms with Crippen molar-refractivity contribution >= 4 is 11.9 Å². The average molecular weight is 248 g/mol. The summed E-state index contributed by atoms with van der Waals surface area (Å²) in [5, 5.41) is 5.73. The molecule has 96 valence electrons. The predicted molar refractivity (Wildman–Crippen MR) is 65.9 cm³/mol. The molecule has 0 aliphatic carbocycles. The number of hydrogen-bond donors (Lipinski definition) is 2. The molecule has 1 aliphatic rings. The van der Waals surface area contributed by atoms with E-state index in [-0.39, 0.29) is 11.9 Å². The van der Waals surface area contributed by atoms with Crippen molar-refractivity contribution in [2.24, 2.45) is 0 Å². The number of rotatable bonds is 3. The van der Waals surface area contributed by atoms with Gasteiger partial charge in [0.1, 0.15) is 6.04 Å². The van der Waals surface area contributed by atoms with E-state index in [1.54, 1.807) is 0 Å². The van der Waals surface area contributed by atoms with Crippen molar-refractivity contribution in [2.45, 2.75) is 18.5 Å². The number of ether oxygens (including phenoxy) is 1. The second-order valence-corrected chi connectivity index (χ2v) is 4.23. The molecule has 1 heterocycles. The summed E-state index contributed by atoms with van der Waals surface area (Å²) in [5.74, 6) is -0.588. The SMILES string of the molecule is COC(=O)[C@@H]1CN[C@@H](Cc2ccccc2)C(=O)N1. The summed E-state index contributed by atoms with van der Waals surface area (Å²) in [6.07, 6.45) is 0.612. The van der Waals surface area contributed by atoms with E-state index in [0.29, 0.717) is 13.0 Å². The number of piperazine rings is 1. The summed E-state index contributed by atoms with van der Waals surface area (Å²) in [6, 6.07) is 8.87. The minimum Gasteiger partial charge on any atom is -0.467 e. The van der Waals surface area contributed by atoms with Crippen LogP contribution in [0.15, 0.2) is 30.3 Å². The fraction of sp³-hybridized carbons (Fsp3) is 0.385. The lowest BCUT2D eigenvalue weighted by Gasteiger charge is -2.28. The van der Waals surface area contributed by atoms with Gasteiger partial charge in [-0.15, -0.1) is 0 Å². The molecule has 1 aromatic rings. The molecule has 2 atom stereocenters. The topological polar surface area (TPSA) is 67.4 Å². The van der Waals surface area contributed by atoms with Gasteiger partial charge in [-0.05, 0) is 12.0 Å². The Balaban J connectivity index is 1.94. The van der Waals surface area contributed by atoms with Crippen molar-refractivity contribution in [3.63, 3.8) is 0 Å². The summed E-state index contributed by atoms with van der Waals surface area (Å²) in [5.41, 5.74) is 1.08. The number of benzene rings is 1. The smallest absolute Gasteiger partial charge is 0.329 e. The maximum Gasteiger partial charge on any atom is 0.329 e. The molecule has 0 bridgehead atoms. The fourth-order valence-corrected chi connectivity index (χ4v) is 1.98. The molecule has 0 unspecified atom stereocenters. The van der Waals surface area contributed by atoms with Gasteiger partial charge in [0.25, 0.3) is 0 Å². The van der Waals surface area contributed by atoms with Crippen molar-refractivity contribution < 1.29 is 14.3 Å². The molecule has 2 N–H and O–H groups in total. The number of carbonyl (C=O) groups is 2. The van der Waals surface area contributed by atoms with Gasteiger partial charge in [0.15, 0.2) is 0 Å². The van der Waals surface area contributed by atoms with E-state index in [1.807, 2.05) is 30.3 Å². The van der Waals surface area contributed by atoms with Crippen LogP contribution in [0.25, 0.3) is 0 Å². The summed E-state index contributed by atoms with van der Waals surface area (Å²) >= 11 is 0. The summed E-state index contributed by atoms with van der Waals surface area (Å²) in [4.78, 5) is 23.1. The molecule has 1 amide bonds. The maximum atomic E-state index is 11.8. The normalized spacial score (nSPS) is 23.3. The van der Waals surface area contributed by atoms with Gasteiger partial charge in [-0.3, -0.25) is 4.79 Å². The van der Waals surface area contributed by atoms with E-state index in [1.165, 1.54) is 7.11 Å². The zero-order valence-corrected chi connectivity index (χ0v) is 10.2. The highest BCUT2D eigenvalue weighted by Gasteiger charge is 2.31. The Morgan fingerprint density at radius 2 is 2.11 bits per heavy atom. The van der Waals surface area contributed by atoms with Gasteiger partial charge >= 0.3 is 5.97 Å². The van der Waals surface area contributed by atoms with Crippen molar-refractivity contribution in [2.75, 3.05) is 13.7 Å². The highest BCUT2D eigenvalue weighted by molar-refractivity contribution is 5.89. The number of amides is 1. The lowest BCUT2D eigenvalue weighted by atomic mass is 10.0. The molecule has 1 fully saturated rings. The number of methoxy groups -OCH3 is 1. The van der Waals surface area contributed by atoms with Crippen LogP contribution >= 0.6 is 0 Å². The van der Waals surface area contributed by atoms with E-state index in [4.69, 9.17) is 0 Å². The van der Waals surface area contributed by atoms with Crippen LogP contribution in [0, 0.1) is 0 Å². The molecular weight excluding hydrogens is 232 g/mol. The Morgan fingerprint density at radius 3 is 2.72 bits per heavy atom. The van der Waals surface area contributed by atoms with E-state index < -0.39 is 12.0 Å². The lowest BCUT2D eigenvalue weighted by Crippen LogP contribution is -2.61. The monoisotopic (exact) mass is 248 g/mol. The Kier molecular flexibility index (Phi) is 3.94. The first-order chi connectivity index (χ1) is 8.70. The molecule has 0 saturated carbocycles. The first-order valence-corrected chi connectivity index (χ1v) is 5.86. The first kappa shape index (κ1) is 12.6. The molecule has 1 aliphatic heterocycles. The van der Waals surface area contributed by atoms with Gasteiger partial charge in [0, 0.05) is 6.54 Å². The molecule has 0 spiro atoms. The maximum absolute atomic E-state index is 11.8. The fourth-order valence-electron chi connectivity index (χ4n) is 1.98. The molecule has 1 saturated heterocycles. The molecule has 18 heavy (non-hydrogen) atoms. The third kappa shape index (κ3) is 2.87. The highest BCUT2D eigenvalue weighted by Crippen LogP contribution is 2.06. The van der Waals surface area contributed by atoms with Crippen LogP contribution in [0.1, 0.15) is 5.56 Å². The van der Waals surface area contributed by atoms with Gasteiger partial charge in [0.05, 0.1) is 13.2 Å². The third-order valence-electron chi connectivity index (χ3n) is 2.97. The Labute approximate surface area is 106 Å². The summed E-state index contributed by atoms with van der Waals surface area (Å²) < 4.78 is 4.60. The van der Waals surface area contributed by atoms with Crippen LogP contribution in [-0.2, 0) is 20.7 Å². The molecule has 2 rings (SSSR count). The number of carbonyl (C=O) groups excluding carboxylic acids is 2. The standard InChI is InChI=1S/C13H16N2O3/c1-18-13(17)11-8-14-10(12(16)15-11)7-9-5-3-2-4-6-9/h2-6,10-11,14H,7-8H2,1H3,(H,15,16)/t10-,11-/m0/s1. The lowest BCUT2D eigenvalue weighted by molar-refractivity contribution is -0.146. The molecule has 5 heteroatoms. The van der Waals surface area contributed by atoms with Crippen LogP contribution in [0.5, 0.6) is 0 Å². The van der Waals surface area contributed by atoms with Gasteiger partial charge in [-0.2, -0.15) is 0 Å². The number of nitrogens with one attached hydrogen (secondary N) is 2. The van der Waals surface area contributed by atoms with Gasteiger partial charge in [0.2, 0.25) is 5.91 Å². The zero-order chi connectivity index (χ0) is 13.0. The molecule has 1 aromatic carbocycles. The van der Waals surface area contributed by atoms with Crippen molar-refractivity contribution in [3.8, 4) is 0 Å². The van der Waals surface area contributed by atoms with Crippen molar-refractivity contribution in [1.29, 1.82) is 0 Å². The predicted octanol–water partition coefficient (Wildman–Crippen LogP) is -0.141. The third-order valence-corrected chi connectivity index (χ3v) is 2.97. The quantitative estimate of drug-likeness (QED) is 0.731. The average Bonchev–Trinajstić information content (AvgIpc) is 2.41. The van der Waals surface area contributed by atoms with E-state index in [9.17, 15) is 9.59 Å². The van der Waals surface area contributed by atoms with Crippen LogP contribution in [0.4, 0.5) is 0 Å². The van der Waals surface area contributed by atoms with Crippen LogP contribution in [0.3, 0.4) is 0 Å². The number of hydrogen-bond acceptors (Lipinski definition) is 4. The van der Waals surface area contributed by atoms with Gasteiger partial charge < -0.3 is 15.4 Å². The van der Waals surface area contributed by atoms with Crippen LogP contribution < -0.4 is 10.6 Å². The van der Waals surface area contributed by atoms with Gasteiger partial charge in [-0.1, -0.05) is 30.3 Å². The first-order valence-electron chi connectivity index (χ1n) is 5.86. The zero-order valence-electron chi connectivity index (χ0n) is 10.2. The number of esters is 1. The van der Waals surface area contributed by atoms with Crippen LogP contribution in [-0.4, -0.2) is 37.6 Å². The summed E-state index contributed by atoms with van der Waals surface area (Å²) in [7, 11) is 1.31. The summed E-state index contributed by atoms with van der Waals surface area (Å²) in [6.45, 7) is 0.399. The highest BCUT2D eigenvalue weighted by atomic mass is 16.5. The van der Waals surface area contributed by atoms with E-state index in [2.05, 4.69) is 15.4 Å². The van der Waals surface area contributed by atoms with Crippen molar-refractivity contribution in [1.82, 2.24) is 10.6 Å². The second kappa shape index (κ2) is 5.64. The Morgan fingerprint density at radius 1 is 1.39 bits per heavy atom. The Hall–Kier alpha value is -1.88. The largest absolute Gasteiger partial charge is 0.467 e. The molecule has 0 radical (unpaired) electrons. The minimum atomic E-state index is -0.588. The molecular formula is C13H16N2O3. The Bertz CT molecular complexity index is 433. The van der Waals surface area contributed by atoms with E-state index >= 15 is 0 Å².